The fraction of sp³-hybridized carbons (Fsp3) is 0.308. The van der Waals surface area contributed by atoms with E-state index < -0.39 is 23.6 Å². The molecule has 2 rings (SSSR count). The molecule has 0 aliphatic carbocycles. The zero-order valence-electron chi connectivity index (χ0n) is 10.3. The van der Waals surface area contributed by atoms with Gasteiger partial charge < -0.3 is 5.11 Å². The van der Waals surface area contributed by atoms with Gasteiger partial charge in [-0.2, -0.15) is 5.10 Å². The first-order valence-corrected chi connectivity index (χ1v) is 5.88. The second-order valence-corrected chi connectivity index (χ2v) is 4.17. The molecule has 1 aromatic carbocycles. The zero-order chi connectivity index (χ0) is 14.0. The molecule has 6 heteroatoms. The van der Waals surface area contributed by atoms with Crippen LogP contribution in [0.15, 0.2) is 24.4 Å². The summed E-state index contributed by atoms with van der Waals surface area (Å²) < 4.78 is 41.1. The van der Waals surface area contributed by atoms with Crippen LogP contribution in [-0.4, -0.2) is 14.9 Å². The largest absolute Gasteiger partial charge is 0.382 e. The normalized spacial score (nSPS) is 12.7. The standard InChI is InChI=1S/C13H13F3N2O/c1-2-5-18-12(3-4-17-18)13(19)8-6-10(15)11(16)7-9(8)14/h3-4,6-7,13,19H,2,5H2,1H3. The van der Waals surface area contributed by atoms with Gasteiger partial charge in [0.1, 0.15) is 11.9 Å². The third kappa shape index (κ3) is 2.63. The highest BCUT2D eigenvalue weighted by atomic mass is 19.2. The van der Waals surface area contributed by atoms with Gasteiger partial charge in [0.15, 0.2) is 11.6 Å². The molecule has 3 nitrogen and oxygen atoms in total. The van der Waals surface area contributed by atoms with Crippen LogP contribution in [0.4, 0.5) is 13.2 Å². The summed E-state index contributed by atoms with van der Waals surface area (Å²) in [5.74, 6) is -3.47. The quantitative estimate of drug-likeness (QED) is 0.867. The highest BCUT2D eigenvalue weighted by Gasteiger charge is 2.21. The molecule has 1 heterocycles. The molecule has 0 spiro atoms. The van der Waals surface area contributed by atoms with Crippen molar-refractivity contribution in [2.75, 3.05) is 0 Å². The van der Waals surface area contributed by atoms with Crippen LogP contribution >= 0.6 is 0 Å². The van der Waals surface area contributed by atoms with E-state index in [4.69, 9.17) is 0 Å². The van der Waals surface area contributed by atoms with Crippen molar-refractivity contribution in [1.29, 1.82) is 0 Å². The van der Waals surface area contributed by atoms with Gasteiger partial charge in [-0.3, -0.25) is 4.68 Å². The van der Waals surface area contributed by atoms with Gasteiger partial charge >= 0.3 is 0 Å². The molecule has 0 aliphatic heterocycles. The molecule has 1 aromatic heterocycles. The molecule has 1 unspecified atom stereocenters. The minimum Gasteiger partial charge on any atom is -0.382 e. The molecule has 19 heavy (non-hydrogen) atoms. The number of aliphatic hydroxyl groups is 1. The SMILES string of the molecule is CCCn1nccc1C(O)c1cc(F)c(F)cc1F. The van der Waals surface area contributed by atoms with Crippen molar-refractivity contribution in [1.82, 2.24) is 9.78 Å². The fourth-order valence-electron chi connectivity index (χ4n) is 1.88. The maximum atomic E-state index is 13.6. The monoisotopic (exact) mass is 270 g/mol. The van der Waals surface area contributed by atoms with E-state index in [1.165, 1.54) is 16.9 Å². The molecule has 2 aromatic rings. The summed E-state index contributed by atoms with van der Waals surface area (Å²) in [5, 5.41) is 14.1. The van der Waals surface area contributed by atoms with Crippen LogP contribution in [0, 0.1) is 17.5 Å². The van der Waals surface area contributed by atoms with Crippen LogP contribution in [0.2, 0.25) is 0 Å². The lowest BCUT2D eigenvalue weighted by Gasteiger charge is -2.14. The highest BCUT2D eigenvalue weighted by Crippen LogP contribution is 2.26. The van der Waals surface area contributed by atoms with E-state index in [1.807, 2.05) is 6.92 Å². The molecule has 0 bridgehead atoms. The van der Waals surface area contributed by atoms with Gasteiger partial charge in [-0.05, 0) is 18.6 Å². The van der Waals surface area contributed by atoms with E-state index in [-0.39, 0.29) is 5.56 Å². The third-order valence-corrected chi connectivity index (χ3v) is 2.80. The average molecular weight is 270 g/mol. The molecule has 1 N–H and O–H groups in total. The molecule has 0 amide bonds. The minimum atomic E-state index is -1.39. The summed E-state index contributed by atoms with van der Waals surface area (Å²) >= 11 is 0. The molecule has 0 saturated carbocycles. The predicted octanol–water partition coefficient (Wildman–Crippen LogP) is 2.79. The minimum absolute atomic E-state index is 0.309. The van der Waals surface area contributed by atoms with Crippen molar-refractivity contribution in [2.45, 2.75) is 26.0 Å². The molecular weight excluding hydrogens is 257 g/mol. The fourth-order valence-corrected chi connectivity index (χ4v) is 1.88. The summed E-state index contributed by atoms with van der Waals surface area (Å²) in [7, 11) is 0. The van der Waals surface area contributed by atoms with Crippen LogP contribution in [0.25, 0.3) is 0 Å². The van der Waals surface area contributed by atoms with Crippen LogP contribution in [0.3, 0.4) is 0 Å². The summed E-state index contributed by atoms with van der Waals surface area (Å²) in [5.41, 5.74) is 0.0310. The van der Waals surface area contributed by atoms with Crippen molar-refractivity contribution in [3.05, 3.63) is 53.1 Å². The van der Waals surface area contributed by atoms with E-state index in [0.29, 0.717) is 24.4 Å². The Bertz CT molecular complexity index is 583. The highest BCUT2D eigenvalue weighted by molar-refractivity contribution is 5.28. The Hall–Kier alpha value is -1.82. The first kappa shape index (κ1) is 13.6. The summed E-state index contributed by atoms with van der Waals surface area (Å²) in [6, 6.07) is 2.61. The first-order valence-electron chi connectivity index (χ1n) is 5.88. The van der Waals surface area contributed by atoms with Gasteiger partial charge in [-0.1, -0.05) is 6.92 Å². The van der Waals surface area contributed by atoms with Crippen LogP contribution in [0.1, 0.15) is 30.7 Å². The Morgan fingerprint density at radius 1 is 1.21 bits per heavy atom. The lowest BCUT2D eigenvalue weighted by molar-refractivity contribution is 0.201. The second kappa shape index (κ2) is 5.44. The average Bonchev–Trinajstić information content (AvgIpc) is 2.82. The number of hydrogen-bond acceptors (Lipinski definition) is 2. The van der Waals surface area contributed by atoms with E-state index in [9.17, 15) is 18.3 Å². The van der Waals surface area contributed by atoms with Gasteiger partial charge in [0.2, 0.25) is 0 Å². The number of aryl methyl sites for hydroxylation is 1. The number of rotatable bonds is 4. The van der Waals surface area contributed by atoms with Crippen molar-refractivity contribution in [2.24, 2.45) is 0 Å². The van der Waals surface area contributed by atoms with Crippen molar-refractivity contribution >= 4 is 0 Å². The van der Waals surface area contributed by atoms with Crippen molar-refractivity contribution in [3.63, 3.8) is 0 Å². The molecule has 102 valence electrons. The number of aromatic nitrogens is 2. The van der Waals surface area contributed by atoms with Gasteiger partial charge in [0, 0.05) is 24.4 Å². The van der Waals surface area contributed by atoms with Crippen molar-refractivity contribution in [3.8, 4) is 0 Å². The molecule has 0 fully saturated rings. The Kier molecular flexibility index (Phi) is 3.90. The van der Waals surface area contributed by atoms with E-state index >= 15 is 0 Å². The first-order chi connectivity index (χ1) is 9.04. The third-order valence-electron chi connectivity index (χ3n) is 2.80. The van der Waals surface area contributed by atoms with Gasteiger partial charge in [0.05, 0.1) is 5.69 Å². The number of nitrogens with zero attached hydrogens (tertiary/aromatic N) is 2. The summed E-state index contributed by atoms with van der Waals surface area (Å²) in [6.07, 6.45) is 0.859. The molecule has 0 aliphatic rings. The predicted molar refractivity (Wildman–Crippen MR) is 62.9 cm³/mol. The number of halogens is 3. The number of benzene rings is 1. The van der Waals surface area contributed by atoms with Crippen molar-refractivity contribution < 1.29 is 18.3 Å². The lowest BCUT2D eigenvalue weighted by Crippen LogP contribution is -2.12. The molecular formula is C13H13F3N2O. The summed E-state index contributed by atoms with van der Waals surface area (Å²) in [4.78, 5) is 0. The number of aliphatic hydroxyl groups excluding tert-OH is 1. The molecule has 0 saturated heterocycles. The van der Waals surface area contributed by atoms with E-state index in [1.54, 1.807) is 0 Å². The maximum Gasteiger partial charge on any atom is 0.161 e. The smallest absolute Gasteiger partial charge is 0.161 e. The Morgan fingerprint density at radius 3 is 2.58 bits per heavy atom. The topological polar surface area (TPSA) is 38.0 Å². The zero-order valence-corrected chi connectivity index (χ0v) is 10.3. The van der Waals surface area contributed by atoms with Crippen LogP contribution in [-0.2, 0) is 6.54 Å². The summed E-state index contributed by atoms with van der Waals surface area (Å²) in [6.45, 7) is 2.47. The van der Waals surface area contributed by atoms with Gasteiger partial charge in [-0.25, -0.2) is 13.2 Å². The van der Waals surface area contributed by atoms with Gasteiger partial charge in [-0.15, -0.1) is 0 Å². The van der Waals surface area contributed by atoms with Crippen LogP contribution < -0.4 is 0 Å². The Morgan fingerprint density at radius 2 is 1.89 bits per heavy atom. The van der Waals surface area contributed by atoms with E-state index in [2.05, 4.69) is 5.10 Å². The molecule has 1 atom stereocenters. The maximum absolute atomic E-state index is 13.6. The van der Waals surface area contributed by atoms with E-state index in [0.717, 1.165) is 6.42 Å². The Labute approximate surface area is 108 Å². The lowest BCUT2D eigenvalue weighted by atomic mass is 10.1. The second-order valence-electron chi connectivity index (χ2n) is 4.17. The number of hydrogen-bond donors (Lipinski definition) is 1. The van der Waals surface area contributed by atoms with Crippen LogP contribution in [0.5, 0.6) is 0 Å². The Balaban J connectivity index is 2.41. The van der Waals surface area contributed by atoms with Gasteiger partial charge in [0.25, 0.3) is 0 Å². The molecule has 0 radical (unpaired) electrons.